The molecule has 1 atom stereocenters. The summed E-state index contributed by atoms with van der Waals surface area (Å²) in [6.45, 7) is 2.45. The molecule has 4 N–H and O–H groups in total. The van der Waals surface area contributed by atoms with E-state index < -0.39 is 0 Å². The maximum atomic E-state index is 5.91. The molecule has 4 aromatic rings. The number of para-hydroxylation sites is 1. The molecule has 9 nitrogen and oxygen atoms in total. The van der Waals surface area contributed by atoms with Crippen LogP contribution in [-0.4, -0.2) is 51.6 Å². The van der Waals surface area contributed by atoms with E-state index in [4.69, 9.17) is 15.5 Å². The summed E-state index contributed by atoms with van der Waals surface area (Å²) in [5.74, 6) is 1.81. The predicted molar refractivity (Wildman–Crippen MR) is 112 cm³/mol. The lowest BCUT2D eigenvalue weighted by atomic mass is 10.1. The fraction of sp³-hybridized carbons (Fsp3) is 0.300. The number of nitrogens with two attached hydrogens (primary N) is 1. The monoisotopic (exact) mass is 390 g/mol. The van der Waals surface area contributed by atoms with Gasteiger partial charge in [0.2, 0.25) is 0 Å². The summed E-state index contributed by atoms with van der Waals surface area (Å²) in [5, 5.41) is 5.30. The van der Waals surface area contributed by atoms with E-state index in [1.807, 2.05) is 19.2 Å². The lowest BCUT2D eigenvalue weighted by molar-refractivity contribution is 0.439. The van der Waals surface area contributed by atoms with Crippen LogP contribution in [0.1, 0.15) is 6.42 Å². The van der Waals surface area contributed by atoms with Crippen LogP contribution in [0.25, 0.3) is 21.9 Å². The summed E-state index contributed by atoms with van der Waals surface area (Å²) in [6, 6.07) is 6.41. The van der Waals surface area contributed by atoms with Crippen molar-refractivity contribution < 1.29 is 4.74 Å². The molecule has 9 heteroatoms. The molecular formula is C20H22N8O. The highest BCUT2D eigenvalue weighted by Crippen LogP contribution is 2.37. The Bertz CT molecular complexity index is 1160. The van der Waals surface area contributed by atoms with E-state index in [1.165, 1.54) is 6.33 Å². The number of nitrogens with zero attached hydrogens (tertiary/aromatic N) is 5. The molecule has 1 aliphatic heterocycles. The number of aromatic nitrogens is 5. The van der Waals surface area contributed by atoms with Crippen LogP contribution < -0.4 is 20.7 Å². The van der Waals surface area contributed by atoms with E-state index in [1.54, 1.807) is 12.4 Å². The van der Waals surface area contributed by atoms with Crippen molar-refractivity contribution in [3.05, 3.63) is 36.9 Å². The van der Waals surface area contributed by atoms with Crippen molar-refractivity contribution in [2.24, 2.45) is 11.7 Å². The molecule has 0 bridgehead atoms. The number of hydrogen-bond acceptors (Lipinski definition) is 8. The zero-order chi connectivity index (χ0) is 19.8. The largest absolute Gasteiger partial charge is 0.421 e. The van der Waals surface area contributed by atoms with Crippen molar-refractivity contribution in [2.75, 3.05) is 36.9 Å². The molecule has 4 heterocycles. The zero-order valence-electron chi connectivity index (χ0n) is 16.1. The van der Waals surface area contributed by atoms with Gasteiger partial charge in [-0.1, -0.05) is 12.1 Å². The van der Waals surface area contributed by atoms with Crippen LogP contribution in [0.15, 0.2) is 36.9 Å². The van der Waals surface area contributed by atoms with Crippen LogP contribution >= 0.6 is 0 Å². The van der Waals surface area contributed by atoms with Gasteiger partial charge >= 0.3 is 6.01 Å². The summed E-state index contributed by atoms with van der Waals surface area (Å²) in [7, 11) is 1.91. The number of nitrogens with one attached hydrogen (secondary N) is 2. The number of aromatic amines is 1. The summed E-state index contributed by atoms with van der Waals surface area (Å²) in [6.07, 6.45) is 5.68. The Kier molecular flexibility index (Phi) is 4.36. The average molecular weight is 390 g/mol. The van der Waals surface area contributed by atoms with Crippen molar-refractivity contribution >= 4 is 33.4 Å². The van der Waals surface area contributed by atoms with Crippen molar-refractivity contribution in [1.29, 1.82) is 0 Å². The molecule has 29 heavy (non-hydrogen) atoms. The van der Waals surface area contributed by atoms with Crippen molar-refractivity contribution in [1.82, 2.24) is 24.9 Å². The number of anilines is 2. The van der Waals surface area contributed by atoms with E-state index in [0.29, 0.717) is 18.2 Å². The fourth-order valence-electron chi connectivity index (χ4n) is 3.92. The highest BCUT2D eigenvalue weighted by atomic mass is 16.5. The molecule has 1 unspecified atom stereocenters. The van der Waals surface area contributed by atoms with Crippen molar-refractivity contribution in [3.63, 3.8) is 0 Å². The van der Waals surface area contributed by atoms with Gasteiger partial charge < -0.3 is 25.7 Å². The van der Waals surface area contributed by atoms with Gasteiger partial charge in [-0.15, -0.1) is 0 Å². The Hall–Kier alpha value is -3.46. The molecule has 1 aromatic carbocycles. The molecule has 0 spiro atoms. The first kappa shape index (κ1) is 17.6. The molecule has 0 aliphatic carbocycles. The Balaban J connectivity index is 1.69. The second-order valence-electron chi connectivity index (χ2n) is 7.17. The second kappa shape index (κ2) is 7.17. The summed E-state index contributed by atoms with van der Waals surface area (Å²) in [4.78, 5) is 23.1. The van der Waals surface area contributed by atoms with E-state index in [0.717, 1.165) is 53.0 Å². The summed E-state index contributed by atoms with van der Waals surface area (Å²) in [5.41, 5.74) is 8.65. The SMILES string of the molecule is CNc1cccc2c1[nH]c1nc(Oc3cncnc3)nc(N3CCC(CN)C3)c12. The van der Waals surface area contributed by atoms with E-state index in [9.17, 15) is 0 Å². The van der Waals surface area contributed by atoms with E-state index in [2.05, 4.69) is 36.2 Å². The molecule has 1 fully saturated rings. The van der Waals surface area contributed by atoms with Gasteiger partial charge in [0.25, 0.3) is 0 Å². The van der Waals surface area contributed by atoms with Crippen LogP contribution in [0.4, 0.5) is 11.5 Å². The van der Waals surface area contributed by atoms with Crippen LogP contribution in [0, 0.1) is 5.92 Å². The molecule has 0 radical (unpaired) electrons. The third-order valence-corrected chi connectivity index (χ3v) is 5.38. The Morgan fingerprint density at radius 3 is 2.90 bits per heavy atom. The molecule has 0 amide bonds. The Morgan fingerprint density at radius 1 is 1.28 bits per heavy atom. The van der Waals surface area contributed by atoms with Gasteiger partial charge in [-0.2, -0.15) is 9.97 Å². The highest BCUT2D eigenvalue weighted by molar-refractivity contribution is 6.14. The Labute approximate surface area is 167 Å². The number of ether oxygens (including phenoxy) is 1. The Morgan fingerprint density at radius 2 is 2.14 bits per heavy atom. The average Bonchev–Trinajstić information content (AvgIpc) is 3.38. The lowest BCUT2D eigenvalue weighted by Gasteiger charge is -2.19. The topological polar surface area (TPSA) is 118 Å². The van der Waals surface area contributed by atoms with Gasteiger partial charge in [0, 0.05) is 25.5 Å². The lowest BCUT2D eigenvalue weighted by Crippen LogP contribution is -2.23. The minimum atomic E-state index is 0.260. The molecule has 148 valence electrons. The van der Waals surface area contributed by atoms with E-state index >= 15 is 0 Å². The number of hydrogen-bond donors (Lipinski definition) is 3. The first-order valence-corrected chi connectivity index (χ1v) is 9.65. The zero-order valence-corrected chi connectivity index (χ0v) is 16.1. The summed E-state index contributed by atoms with van der Waals surface area (Å²) < 4.78 is 5.86. The molecule has 1 saturated heterocycles. The summed E-state index contributed by atoms with van der Waals surface area (Å²) >= 11 is 0. The molecule has 0 saturated carbocycles. The van der Waals surface area contributed by atoms with Gasteiger partial charge in [-0.05, 0) is 24.9 Å². The van der Waals surface area contributed by atoms with Gasteiger partial charge in [-0.25, -0.2) is 9.97 Å². The van der Waals surface area contributed by atoms with Gasteiger partial charge in [-0.3, -0.25) is 0 Å². The minimum absolute atomic E-state index is 0.260. The molecule has 1 aliphatic rings. The molecule has 3 aromatic heterocycles. The third-order valence-electron chi connectivity index (χ3n) is 5.38. The second-order valence-corrected chi connectivity index (χ2v) is 7.17. The van der Waals surface area contributed by atoms with Gasteiger partial charge in [0.1, 0.15) is 17.8 Å². The number of fused-ring (bicyclic) bond motifs is 3. The molecular weight excluding hydrogens is 368 g/mol. The maximum Gasteiger partial charge on any atom is 0.326 e. The quantitative estimate of drug-likeness (QED) is 0.476. The van der Waals surface area contributed by atoms with Crippen molar-refractivity contribution in [2.45, 2.75) is 6.42 Å². The first-order valence-electron chi connectivity index (χ1n) is 9.65. The normalized spacial score (nSPS) is 16.6. The van der Waals surface area contributed by atoms with Crippen LogP contribution in [0.3, 0.4) is 0 Å². The third kappa shape index (κ3) is 3.09. The standard InChI is InChI=1S/C20H22N8O/c1-22-15-4-2-3-14-16-18(25-17(14)15)26-20(29-13-8-23-11-24-9-13)27-19(16)28-6-5-12(7-21)10-28/h2-4,8-9,11-12,22H,5-7,10,21H2,1H3,(H,25,26,27). The van der Waals surface area contributed by atoms with Crippen LogP contribution in [0.2, 0.25) is 0 Å². The minimum Gasteiger partial charge on any atom is -0.421 e. The smallest absolute Gasteiger partial charge is 0.326 e. The fourth-order valence-corrected chi connectivity index (χ4v) is 3.92. The van der Waals surface area contributed by atoms with Crippen molar-refractivity contribution in [3.8, 4) is 11.8 Å². The predicted octanol–water partition coefficient (Wildman–Crippen LogP) is 2.52. The molecule has 5 rings (SSSR count). The van der Waals surface area contributed by atoms with Gasteiger partial charge in [0.05, 0.1) is 29.0 Å². The number of benzene rings is 1. The van der Waals surface area contributed by atoms with E-state index in [-0.39, 0.29) is 6.01 Å². The van der Waals surface area contributed by atoms with Crippen LogP contribution in [0.5, 0.6) is 11.8 Å². The number of rotatable bonds is 5. The number of H-pyrrole nitrogens is 1. The first-order chi connectivity index (χ1) is 14.3. The maximum absolute atomic E-state index is 5.91. The van der Waals surface area contributed by atoms with Gasteiger partial charge in [0.15, 0.2) is 5.75 Å². The van der Waals surface area contributed by atoms with Crippen LogP contribution in [-0.2, 0) is 0 Å². The highest BCUT2D eigenvalue weighted by Gasteiger charge is 2.27.